The Morgan fingerprint density at radius 3 is 2.44 bits per heavy atom. The van der Waals surface area contributed by atoms with Crippen molar-refractivity contribution in [1.82, 2.24) is 0 Å². The van der Waals surface area contributed by atoms with Crippen molar-refractivity contribution in [1.29, 1.82) is 0 Å². The van der Waals surface area contributed by atoms with Crippen LogP contribution in [-0.4, -0.2) is 33.9 Å². The predicted octanol–water partition coefficient (Wildman–Crippen LogP) is 3.14. The van der Waals surface area contributed by atoms with Crippen LogP contribution < -0.4 is 10.2 Å². The van der Waals surface area contributed by atoms with Crippen molar-refractivity contribution in [2.24, 2.45) is 5.92 Å². The normalized spacial score (nSPS) is 12.6. The molecule has 0 radical (unpaired) electrons. The lowest BCUT2D eigenvalue weighted by Gasteiger charge is -2.24. The van der Waals surface area contributed by atoms with Crippen LogP contribution >= 0.6 is 0 Å². The maximum atomic E-state index is 5.27. The standard InChI is InChI=1S/C15H26N2O/c1-11(2)14(10-18-6)16-13-8-7-12(3)15(9-13)17(4)5/h7-9,11,14,16H,10H2,1-6H3. The van der Waals surface area contributed by atoms with E-state index in [1.54, 1.807) is 7.11 Å². The molecular formula is C15H26N2O. The van der Waals surface area contributed by atoms with Gasteiger partial charge in [-0.05, 0) is 30.5 Å². The number of anilines is 2. The van der Waals surface area contributed by atoms with E-state index in [0.29, 0.717) is 12.0 Å². The lowest BCUT2D eigenvalue weighted by atomic mass is 10.0. The number of methoxy groups -OCH3 is 1. The Labute approximate surface area is 111 Å². The number of nitrogens with one attached hydrogen (secondary N) is 1. The van der Waals surface area contributed by atoms with Crippen molar-refractivity contribution < 1.29 is 4.74 Å². The summed E-state index contributed by atoms with van der Waals surface area (Å²) in [6.45, 7) is 7.27. The highest BCUT2D eigenvalue weighted by molar-refractivity contribution is 5.62. The van der Waals surface area contributed by atoms with Gasteiger partial charge in [0.2, 0.25) is 0 Å². The first-order valence-corrected chi connectivity index (χ1v) is 6.49. The summed E-state index contributed by atoms with van der Waals surface area (Å²) in [4.78, 5) is 2.14. The lowest BCUT2D eigenvalue weighted by molar-refractivity contribution is 0.171. The number of rotatable bonds is 6. The number of hydrogen-bond donors (Lipinski definition) is 1. The van der Waals surface area contributed by atoms with E-state index in [9.17, 15) is 0 Å². The summed E-state index contributed by atoms with van der Waals surface area (Å²) in [5.41, 5.74) is 3.69. The topological polar surface area (TPSA) is 24.5 Å². The van der Waals surface area contributed by atoms with Gasteiger partial charge in [-0.1, -0.05) is 19.9 Å². The minimum absolute atomic E-state index is 0.340. The molecule has 0 amide bonds. The van der Waals surface area contributed by atoms with E-state index in [-0.39, 0.29) is 0 Å². The molecule has 0 bridgehead atoms. The SMILES string of the molecule is COCC(Nc1ccc(C)c(N(C)C)c1)C(C)C. The zero-order chi connectivity index (χ0) is 13.7. The molecule has 1 rings (SSSR count). The summed E-state index contributed by atoms with van der Waals surface area (Å²) in [6, 6.07) is 6.82. The summed E-state index contributed by atoms with van der Waals surface area (Å²) < 4.78 is 5.27. The fourth-order valence-corrected chi connectivity index (χ4v) is 1.98. The monoisotopic (exact) mass is 250 g/mol. The molecule has 1 atom stereocenters. The Balaban J connectivity index is 2.86. The highest BCUT2D eigenvalue weighted by Gasteiger charge is 2.13. The Morgan fingerprint density at radius 2 is 1.94 bits per heavy atom. The van der Waals surface area contributed by atoms with Gasteiger partial charge in [0, 0.05) is 32.6 Å². The average Bonchev–Trinajstić information content (AvgIpc) is 2.30. The van der Waals surface area contributed by atoms with Crippen LogP contribution in [-0.2, 0) is 4.74 Å². The lowest BCUT2D eigenvalue weighted by Crippen LogP contribution is -2.30. The quantitative estimate of drug-likeness (QED) is 0.839. The van der Waals surface area contributed by atoms with E-state index in [1.165, 1.54) is 11.3 Å². The highest BCUT2D eigenvalue weighted by Crippen LogP contribution is 2.23. The van der Waals surface area contributed by atoms with Gasteiger partial charge in [-0.25, -0.2) is 0 Å². The fraction of sp³-hybridized carbons (Fsp3) is 0.600. The van der Waals surface area contributed by atoms with E-state index in [4.69, 9.17) is 4.74 Å². The van der Waals surface area contributed by atoms with Gasteiger partial charge in [-0.15, -0.1) is 0 Å². The van der Waals surface area contributed by atoms with Crippen LogP contribution in [0.25, 0.3) is 0 Å². The van der Waals surface area contributed by atoms with Crippen molar-refractivity contribution in [3.8, 4) is 0 Å². The van der Waals surface area contributed by atoms with E-state index in [2.05, 4.69) is 63.3 Å². The largest absolute Gasteiger partial charge is 0.383 e. The third-order valence-corrected chi connectivity index (χ3v) is 3.19. The molecule has 0 heterocycles. The summed E-state index contributed by atoms with van der Waals surface area (Å²) in [5, 5.41) is 3.55. The van der Waals surface area contributed by atoms with Gasteiger partial charge in [0.15, 0.2) is 0 Å². The van der Waals surface area contributed by atoms with Crippen molar-refractivity contribution in [3.05, 3.63) is 23.8 Å². The molecule has 102 valence electrons. The third-order valence-electron chi connectivity index (χ3n) is 3.19. The van der Waals surface area contributed by atoms with Gasteiger partial charge in [-0.3, -0.25) is 0 Å². The molecule has 3 heteroatoms. The second kappa shape index (κ2) is 6.64. The van der Waals surface area contributed by atoms with Gasteiger partial charge < -0.3 is 15.0 Å². The van der Waals surface area contributed by atoms with Crippen LogP contribution in [0.2, 0.25) is 0 Å². The first kappa shape index (κ1) is 14.8. The molecule has 0 aliphatic carbocycles. The van der Waals surface area contributed by atoms with Crippen molar-refractivity contribution in [2.75, 3.05) is 38.0 Å². The molecular weight excluding hydrogens is 224 g/mol. The molecule has 0 saturated heterocycles. The highest BCUT2D eigenvalue weighted by atomic mass is 16.5. The van der Waals surface area contributed by atoms with Crippen LogP contribution in [0.1, 0.15) is 19.4 Å². The van der Waals surface area contributed by atoms with Crippen molar-refractivity contribution in [2.45, 2.75) is 26.8 Å². The van der Waals surface area contributed by atoms with E-state index in [0.717, 1.165) is 12.3 Å². The molecule has 1 aromatic carbocycles. The zero-order valence-electron chi connectivity index (χ0n) is 12.4. The minimum Gasteiger partial charge on any atom is -0.383 e. The second-order valence-corrected chi connectivity index (χ2v) is 5.35. The Kier molecular flexibility index (Phi) is 5.48. The molecule has 0 spiro atoms. The second-order valence-electron chi connectivity index (χ2n) is 5.35. The first-order chi connectivity index (χ1) is 8.45. The molecule has 0 saturated carbocycles. The minimum atomic E-state index is 0.340. The molecule has 0 aliphatic heterocycles. The maximum Gasteiger partial charge on any atom is 0.0666 e. The van der Waals surface area contributed by atoms with Gasteiger partial charge in [0.25, 0.3) is 0 Å². The number of hydrogen-bond acceptors (Lipinski definition) is 3. The zero-order valence-corrected chi connectivity index (χ0v) is 12.4. The van der Waals surface area contributed by atoms with E-state index < -0.39 is 0 Å². The molecule has 1 aromatic rings. The maximum absolute atomic E-state index is 5.27. The van der Waals surface area contributed by atoms with Crippen LogP contribution in [0.4, 0.5) is 11.4 Å². The Hall–Kier alpha value is -1.22. The van der Waals surface area contributed by atoms with Crippen LogP contribution in [0.3, 0.4) is 0 Å². The molecule has 1 unspecified atom stereocenters. The van der Waals surface area contributed by atoms with Gasteiger partial charge in [0.05, 0.1) is 12.6 Å². The van der Waals surface area contributed by atoms with Gasteiger partial charge in [-0.2, -0.15) is 0 Å². The van der Waals surface area contributed by atoms with E-state index in [1.807, 2.05) is 0 Å². The third kappa shape index (κ3) is 3.91. The van der Waals surface area contributed by atoms with Gasteiger partial charge in [0.1, 0.15) is 0 Å². The van der Waals surface area contributed by atoms with Crippen LogP contribution in [0.15, 0.2) is 18.2 Å². The summed E-state index contributed by atoms with van der Waals surface area (Å²) in [7, 11) is 5.89. The van der Waals surface area contributed by atoms with Crippen LogP contribution in [0.5, 0.6) is 0 Å². The summed E-state index contributed by atoms with van der Waals surface area (Å²) >= 11 is 0. The fourth-order valence-electron chi connectivity index (χ4n) is 1.98. The predicted molar refractivity (Wildman–Crippen MR) is 79.6 cm³/mol. The number of ether oxygens (including phenoxy) is 1. The molecule has 18 heavy (non-hydrogen) atoms. The number of nitrogens with zero attached hydrogens (tertiary/aromatic N) is 1. The molecule has 1 N–H and O–H groups in total. The molecule has 3 nitrogen and oxygen atoms in total. The molecule has 0 fully saturated rings. The van der Waals surface area contributed by atoms with Crippen molar-refractivity contribution in [3.63, 3.8) is 0 Å². The smallest absolute Gasteiger partial charge is 0.0666 e. The Bertz CT molecular complexity index is 375. The summed E-state index contributed by atoms with van der Waals surface area (Å²) in [5.74, 6) is 0.536. The van der Waals surface area contributed by atoms with E-state index >= 15 is 0 Å². The van der Waals surface area contributed by atoms with Crippen molar-refractivity contribution >= 4 is 11.4 Å². The van der Waals surface area contributed by atoms with Gasteiger partial charge >= 0.3 is 0 Å². The number of benzene rings is 1. The molecule has 0 aromatic heterocycles. The van der Waals surface area contributed by atoms with Crippen LogP contribution in [0, 0.1) is 12.8 Å². The Morgan fingerprint density at radius 1 is 1.28 bits per heavy atom. The first-order valence-electron chi connectivity index (χ1n) is 6.49. The molecule has 0 aliphatic rings. The number of aryl methyl sites for hydroxylation is 1. The summed E-state index contributed by atoms with van der Waals surface area (Å²) in [6.07, 6.45) is 0. The average molecular weight is 250 g/mol.